The third-order valence-corrected chi connectivity index (χ3v) is 3.96. The van der Waals surface area contributed by atoms with Crippen LogP contribution in [-0.4, -0.2) is 43.5 Å². The zero-order chi connectivity index (χ0) is 15.2. The van der Waals surface area contributed by atoms with Crippen LogP contribution in [-0.2, 0) is 4.79 Å². The maximum atomic E-state index is 12.5. The number of likely N-dealkylation sites (N-methyl/N-ethyl adjacent to an activating group) is 1. The third kappa shape index (κ3) is 4.03. The average Bonchev–Trinajstić information content (AvgIpc) is 3.31. The number of hydrogen-bond acceptors (Lipinski definition) is 4. The first-order valence-electron chi connectivity index (χ1n) is 7.30. The van der Waals surface area contributed by atoms with Crippen LogP contribution in [0.4, 0.5) is 5.69 Å². The van der Waals surface area contributed by atoms with E-state index in [0.717, 1.165) is 5.69 Å². The van der Waals surface area contributed by atoms with E-state index in [2.05, 4.69) is 6.07 Å². The highest BCUT2D eigenvalue weighted by Crippen LogP contribution is 2.34. The summed E-state index contributed by atoms with van der Waals surface area (Å²) in [4.78, 5) is 16.0. The Balaban J connectivity index is 2.03. The minimum absolute atomic E-state index is 0.0629. The largest absolute Gasteiger partial charge is 0.329 e. The maximum absolute atomic E-state index is 12.5. The van der Waals surface area contributed by atoms with Crippen molar-refractivity contribution in [1.82, 2.24) is 4.90 Å². The number of hydrogen-bond donors (Lipinski definition) is 1. The second kappa shape index (κ2) is 7.21. The van der Waals surface area contributed by atoms with Crippen molar-refractivity contribution in [2.24, 2.45) is 11.7 Å². The van der Waals surface area contributed by atoms with Crippen molar-refractivity contribution in [3.05, 3.63) is 30.3 Å². The van der Waals surface area contributed by atoms with Gasteiger partial charge in [-0.15, -0.1) is 0 Å². The lowest BCUT2D eigenvalue weighted by Gasteiger charge is -2.29. The molecule has 1 aliphatic carbocycles. The summed E-state index contributed by atoms with van der Waals surface area (Å²) in [5.41, 5.74) is 6.57. The fourth-order valence-corrected chi connectivity index (χ4v) is 2.63. The van der Waals surface area contributed by atoms with Crippen molar-refractivity contribution in [2.75, 3.05) is 31.6 Å². The molecule has 2 rings (SSSR count). The number of nitrogens with two attached hydrogens (primary N) is 1. The minimum Gasteiger partial charge on any atom is -0.329 e. The van der Waals surface area contributed by atoms with Crippen LogP contribution in [0.2, 0.25) is 0 Å². The second-order valence-electron chi connectivity index (χ2n) is 5.53. The van der Waals surface area contributed by atoms with Crippen LogP contribution in [0, 0.1) is 17.2 Å². The topological polar surface area (TPSA) is 73.4 Å². The molecule has 1 aromatic carbocycles. The minimum atomic E-state index is -0.0654. The van der Waals surface area contributed by atoms with Crippen LogP contribution in [0.1, 0.15) is 12.8 Å². The van der Waals surface area contributed by atoms with Gasteiger partial charge in [0.1, 0.15) is 6.54 Å². The van der Waals surface area contributed by atoms with Gasteiger partial charge in [-0.1, -0.05) is 18.2 Å². The van der Waals surface area contributed by atoms with Crippen LogP contribution in [0.15, 0.2) is 30.3 Å². The van der Waals surface area contributed by atoms with Crippen molar-refractivity contribution in [3.8, 4) is 6.07 Å². The van der Waals surface area contributed by atoms with E-state index in [9.17, 15) is 4.79 Å². The Morgan fingerprint density at radius 1 is 1.43 bits per heavy atom. The monoisotopic (exact) mass is 286 g/mol. The maximum Gasteiger partial charge on any atom is 0.242 e. The molecule has 2 N–H and O–H groups in total. The van der Waals surface area contributed by atoms with E-state index in [4.69, 9.17) is 11.0 Å². The summed E-state index contributed by atoms with van der Waals surface area (Å²) in [5.74, 6) is 0.554. The predicted molar refractivity (Wildman–Crippen MR) is 82.6 cm³/mol. The Morgan fingerprint density at radius 3 is 2.62 bits per heavy atom. The fraction of sp³-hybridized carbons (Fsp3) is 0.500. The Morgan fingerprint density at radius 2 is 2.10 bits per heavy atom. The molecule has 0 spiro atoms. The normalized spacial score (nSPS) is 15.5. The van der Waals surface area contributed by atoms with Gasteiger partial charge in [-0.25, -0.2) is 0 Å². The molecule has 21 heavy (non-hydrogen) atoms. The highest BCUT2D eigenvalue weighted by atomic mass is 16.2. The van der Waals surface area contributed by atoms with Gasteiger partial charge in [0.05, 0.1) is 12.6 Å². The molecule has 0 radical (unpaired) electrons. The van der Waals surface area contributed by atoms with E-state index in [-0.39, 0.29) is 25.0 Å². The Kier molecular flexibility index (Phi) is 5.32. The number of anilines is 1. The van der Waals surface area contributed by atoms with Crippen LogP contribution in [0.25, 0.3) is 0 Å². The number of amides is 1. The van der Waals surface area contributed by atoms with E-state index in [0.29, 0.717) is 12.5 Å². The number of benzene rings is 1. The number of carbonyl (C=O) groups excluding carboxylic acids is 1. The molecular formula is C16H22N4O. The van der Waals surface area contributed by atoms with Crippen LogP contribution < -0.4 is 10.6 Å². The summed E-state index contributed by atoms with van der Waals surface area (Å²) < 4.78 is 0. The first kappa shape index (κ1) is 15.5. The van der Waals surface area contributed by atoms with Gasteiger partial charge in [0.25, 0.3) is 0 Å². The second-order valence-corrected chi connectivity index (χ2v) is 5.53. The number of carbonyl (C=O) groups is 1. The molecule has 5 nitrogen and oxygen atoms in total. The summed E-state index contributed by atoms with van der Waals surface area (Å²) in [7, 11) is 1.93. The quantitative estimate of drug-likeness (QED) is 0.765. The Bertz CT molecular complexity index is 507. The third-order valence-electron chi connectivity index (χ3n) is 3.96. The van der Waals surface area contributed by atoms with Crippen molar-refractivity contribution in [3.63, 3.8) is 0 Å². The zero-order valence-electron chi connectivity index (χ0n) is 12.4. The van der Waals surface area contributed by atoms with Gasteiger partial charge in [-0.05, 0) is 37.9 Å². The molecule has 0 bridgehead atoms. The van der Waals surface area contributed by atoms with Crippen LogP contribution in [0.3, 0.4) is 0 Å². The molecule has 1 saturated carbocycles. The molecule has 0 heterocycles. The van der Waals surface area contributed by atoms with E-state index in [1.165, 1.54) is 17.7 Å². The first-order valence-corrected chi connectivity index (χ1v) is 7.30. The molecule has 0 aromatic heterocycles. The molecule has 5 heteroatoms. The molecule has 1 aromatic rings. The van der Waals surface area contributed by atoms with Crippen molar-refractivity contribution < 1.29 is 4.79 Å². The SMILES string of the molecule is CN(CC(=O)N(CC#N)c1ccccc1)C(CN)C1CC1. The highest BCUT2D eigenvalue weighted by Gasteiger charge is 2.33. The van der Waals surface area contributed by atoms with Crippen molar-refractivity contribution in [2.45, 2.75) is 18.9 Å². The predicted octanol–water partition coefficient (Wildman–Crippen LogP) is 1.21. The molecule has 1 fully saturated rings. The van der Waals surface area contributed by atoms with Gasteiger partial charge in [0, 0.05) is 18.3 Å². The van der Waals surface area contributed by atoms with E-state index < -0.39 is 0 Å². The van der Waals surface area contributed by atoms with Crippen molar-refractivity contribution in [1.29, 1.82) is 5.26 Å². The van der Waals surface area contributed by atoms with Crippen LogP contribution in [0.5, 0.6) is 0 Å². The molecular weight excluding hydrogens is 264 g/mol. The standard InChI is InChI=1S/C16H22N4O/c1-19(15(11-18)13-7-8-13)12-16(21)20(10-9-17)14-5-3-2-4-6-14/h2-6,13,15H,7-8,10-12,18H2,1H3. The number of nitriles is 1. The highest BCUT2D eigenvalue weighted by molar-refractivity contribution is 5.95. The lowest BCUT2D eigenvalue weighted by atomic mass is 10.1. The summed E-state index contributed by atoms with van der Waals surface area (Å²) in [5, 5.41) is 8.96. The van der Waals surface area contributed by atoms with Gasteiger partial charge in [0.2, 0.25) is 5.91 Å². The molecule has 1 unspecified atom stereocenters. The average molecular weight is 286 g/mol. The van der Waals surface area contributed by atoms with Gasteiger partial charge >= 0.3 is 0 Å². The van der Waals surface area contributed by atoms with Gasteiger partial charge < -0.3 is 5.73 Å². The smallest absolute Gasteiger partial charge is 0.242 e. The molecule has 0 aliphatic heterocycles. The van der Waals surface area contributed by atoms with Gasteiger partial charge in [-0.3, -0.25) is 14.6 Å². The Hall–Kier alpha value is -1.90. The summed E-state index contributed by atoms with van der Waals surface area (Å²) in [6.07, 6.45) is 2.39. The zero-order valence-corrected chi connectivity index (χ0v) is 12.4. The van der Waals surface area contributed by atoms with Gasteiger partial charge in [0.15, 0.2) is 0 Å². The summed E-state index contributed by atoms with van der Waals surface area (Å²) in [6.45, 7) is 0.917. The van der Waals surface area contributed by atoms with Gasteiger partial charge in [-0.2, -0.15) is 5.26 Å². The van der Waals surface area contributed by atoms with Crippen LogP contribution >= 0.6 is 0 Å². The molecule has 112 valence electrons. The number of para-hydroxylation sites is 1. The van der Waals surface area contributed by atoms with E-state index in [1.54, 1.807) is 0 Å². The van der Waals surface area contributed by atoms with E-state index >= 15 is 0 Å². The Labute approximate surface area is 125 Å². The lowest BCUT2D eigenvalue weighted by molar-refractivity contribution is -0.119. The molecule has 1 amide bonds. The molecule has 1 aliphatic rings. The number of nitrogens with zero attached hydrogens (tertiary/aromatic N) is 3. The summed E-state index contributed by atoms with van der Waals surface area (Å²) in [6, 6.07) is 11.6. The molecule has 0 saturated heterocycles. The lowest BCUT2D eigenvalue weighted by Crippen LogP contribution is -2.46. The van der Waals surface area contributed by atoms with Crippen molar-refractivity contribution >= 4 is 11.6 Å². The summed E-state index contributed by atoms with van der Waals surface area (Å²) >= 11 is 0. The van der Waals surface area contributed by atoms with E-state index in [1.807, 2.05) is 42.3 Å². The first-order chi connectivity index (χ1) is 10.2. The fourth-order valence-electron chi connectivity index (χ4n) is 2.63. The molecule has 1 atom stereocenters. The number of rotatable bonds is 7.